The van der Waals surface area contributed by atoms with Gasteiger partial charge < -0.3 is 24.5 Å². The van der Waals surface area contributed by atoms with Crippen LogP contribution in [0.4, 0.5) is 94.1 Å². The van der Waals surface area contributed by atoms with Gasteiger partial charge in [0.1, 0.15) is 11.6 Å². The molecule has 0 N–H and O–H groups in total. The molecule has 0 fully saturated rings. The van der Waals surface area contributed by atoms with E-state index >= 15 is 0 Å². The van der Waals surface area contributed by atoms with E-state index in [0.717, 1.165) is 97.8 Å². The van der Waals surface area contributed by atoms with E-state index in [9.17, 15) is 8.78 Å². The van der Waals surface area contributed by atoms with Gasteiger partial charge in [-0.25, -0.2) is 8.78 Å². The third-order valence-electron chi connectivity index (χ3n) is 21.4. The minimum atomic E-state index is -0.277. The van der Waals surface area contributed by atoms with Gasteiger partial charge in [-0.3, -0.25) is 0 Å². The predicted octanol–water partition coefficient (Wildman–Crippen LogP) is 31.8. The normalized spacial score (nSPS) is 11.7. The molecule has 113 heavy (non-hydrogen) atoms. The van der Waals surface area contributed by atoms with Crippen LogP contribution in [0.15, 0.2) is 376 Å². The van der Waals surface area contributed by atoms with Gasteiger partial charge >= 0.3 is 0 Å². The summed E-state index contributed by atoms with van der Waals surface area (Å²) < 4.78 is 28.6. The fourth-order valence-corrected chi connectivity index (χ4v) is 14.5. The Morgan fingerprint density at radius 1 is 0.195 bits per heavy atom. The minimum Gasteiger partial charge on any atom is -0.310 e. The second-order valence-electron chi connectivity index (χ2n) is 29.6. The van der Waals surface area contributed by atoms with E-state index < -0.39 is 0 Å². The zero-order chi connectivity index (χ0) is 78.7. The van der Waals surface area contributed by atoms with Crippen molar-refractivity contribution in [1.29, 1.82) is 0 Å². The summed E-state index contributed by atoms with van der Waals surface area (Å²) in [4.78, 5) is 11.1. The Balaban J connectivity index is 0.000000155. The summed E-state index contributed by atoms with van der Waals surface area (Å²) in [5, 5.41) is 0. The fourth-order valence-electron chi connectivity index (χ4n) is 14.5. The minimum absolute atomic E-state index is 0.275. The standard InChI is InChI=1S/C42H40N2.C41H36F2N2.C23H25N/c1-5-33(4)34-17-23-38(24-18-34)44(42-16-10-12-32(3)30-42)40-27-21-36(22-28-40)35-19-25-39(26-20-35)43(37-13-7-6-8-14-37)41-15-9-11-31(2)29-41;1-4-30(3)31-14-20-36(21-15-31)44(40-12-6-9-34(42)27-40)37-22-16-32(17-23-37)33-18-24-38(25-19-33)45(39-11-5-8-29(2)26-39)41-13-7-10-35(43)28-41;1-4-19(3)20-13-15-22(16-14-20)24(21-10-6-5-7-11-21)23-12-8-9-18(2)17-23/h6-30,33H,5H2,1-4H3;5-28,30H,4H2,1-3H3;5-17,19H,4H2,1-3H3. The van der Waals surface area contributed by atoms with Gasteiger partial charge in [-0.1, -0.05) is 224 Å². The summed E-state index contributed by atoms with van der Waals surface area (Å²) in [6, 6.07) is 130. The Bertz CT molecular complexity index is 5470. The van der Waals surface area contributed by atoms with Crippen molar-refractivity contribution in [3.05, 3.63) is 427 Å². The highest BCUT2D eigenvalue weighted by atomic mass is 19.1. The van der Waals surface area contributed by atoms with E-state index in [4.69, 9.17) is 0 Å². The van der Waals surface area contributed by atoms with Crippen molar-refractivity contribution in [2.45, 2.75) is 106 Å². The molecule has 15 aromatic rings. The molecule has 0 saturated carbocycles. The predicted molar refractivity (Wildman–Crippen MR) is 479 cm³/mol. The molecule has 0 bridgehead atoms. The molecule has 564 valence electrons. The van der Waals surface area contributed by atoms with Gasteiger partial charge in [0.05, 0.1) is 0 Å². The molecule has 15 rings (SSSR count). The van der Waals surface area contributed by atoms with Crippen molar-refractivity contribution in [3.63, 3.8) is 0 Å². The van der Waals surface area contributed by atoms with Gasteiger partial charge in [0.15, 0.2) is 0 Å². The van der Waals surface area contributed by atoms with Crippen LogP contribution in [0.1, 0.15) is 118 Å². The van der Waals surface area contributed by atoms with Crippen molar-refractivity contribution in [3.8, 4) is 22.3 Å². The van der Waals surface area contributed by atoms with Crippen LogP contribution in [0.2, 0.25) is 0 Å². The lowest BCUT2D eigenvalue weighted by molar-refractivity contribution is 0.627. The molecular weight excluding hydrogens is 1380 g/mol. The summed E-state index contributed by atoms with van der Waals surface area (Å²) in [7, 11) is 0. The van der Waals surface area contributed by atoms with Crippen LogP contribution in [-0.4, -0.2) is 0 Å². The monoisotopic (exact) mass is 1480 g/mol. The molecule has 0 aromatic heterocycles. The summed E-state index contributed by atoms with van der Waals surface area (Å²) in [6.45, 7) is 22.0. The third kappa shape index (κ3) is 19.5. The molecule has 3 atom stereocenters. The topological polar surface area (TPSA) is 16.2 Å². The Kier molecular flexibility index (Phi) is 25.8. The number of benzene rings is 15. The van der Waals surface area contributed by atoms with Crippen LogP contribution in [0.25, 0.3) is 22.3 Å². The largest absolute Gasteiger partial charge is 0.310 e. The number of hydrogen-bond acceptors (Lipinski definition) is 5. The van der Waals surface area contributed by atoms with Crippen molar-refractivity contribution < 1.29 is 8.78 Å². The third-order valence-corrected chi connectivity index (χ3v) is 21.4. The Hall–Kier alpha value is -12.8. The lowest BCUT2D eigenvalue weighted by Gasteiger charge is -2.27. The van der Waals surface area contributed by atoms with E-state index in [0.29, 0.717) is 17.8 Å². The van der Waals surface area contributed by atoms with Gasteiger partial charge in [-0.05, 0) is 320 Å². The molecule has 3 unspecified atom stereocenters. The molecule has 15 aromatic carbocycles. The highest BCUT2D eigenvalue weighted by molar-refractivity contribution is 5.84. The zero-order valence-corrected chi connectivity index (χ0v) is 66.6. The molecule has 7 heteroatoms. The maximum atomic E-state index is 14.4. The highest BCUT2D eigenvalue weighted by Crippen LogP contribution is 2.43. The average molecular weight is 1480 g/mol. The van der Waals surface area contributed by atoms with Crippen LogP contribution in [0, 0.1) is 39.3 Å². The number of rotatable bonds is 23. The first-order valence-corrected chi connectivity index (χ1v) is 39.7. The van der Waals surface area contributed by atoms with Crippen LogP contribution >= 0.6 is 0 Å². The zero-order valence-electron chi connectivity index (χ0n) is 66.6. The Morgan fingerprint density at radius 2 is 0.372 bits per heavy atom. The second kappa shape index (κ2) is 37.2. The molecule has 0 heterocycles. The van der Waals surface area contributed by atoms with Crippen LogP contribution in [0.5, 0.6) is 0 Å². The van der Waals surface area contributed by atoms with E-state index in [1.54, 1.807) is 24.3 Å². The number of anilines is 15. The number of halogens is 2. The first-order chi connectivity index (χ1) is 55.1. The maximum Gasteiger partial charge on any atom is 0.125 e. The van der Waals surface area contributed by atoms with Gasteiger partial charge in [0, 0.05) is 85.3 Å². The summed E-state index contributed by atoms with van der Waals surface area (Å²) in [6.07, 6.45) is 3.38. The molecule has 0 amide bonds. The average Bonchev–Trinajstić information content (AvgIpc) is 0.809. The molecular formula is C106H101F2N5. The maximum absolute atomic E-state index is 14.4. The smallest absolute Gasteiger partial charge is 0.125 e. The molecule has 5 nitrogen and oxygen atoms in total. The van der Waals surface area contributed by atoms with Crippen molar-refractivity contribution in [2.24, 2.45) is 0 Å². The number of aryl methyl sites for hydroxylation is 4. The molecule has 0 aliphatic rings. The van der Waals surface area contributed by atoms with Crippen LogP contribution < -0.4 is 24.5 Å². The van der Waals surface area contributed by atoms with Gasteiger partial charge in [-0.15, -0.1) is 0 Å². The molecule has 0 radical (unpaired) electrons. The van der Waals surface area contributed by atoms with Gasteiger partial charge in [0.2, 0.25) is 0 Å². The first-order valence-electron chi connectivity index (χ1n) is 39.7. The highest BCUT2D eigenvalue weighted by Gasteiger charge is 2.21. The fraction of sp³-hybridized carbons (Fsp3) is 0.151. The quantitative estimate of drug-likeness (QED) is 0.0633. The lowest BCUT2D eigenvalue weighted by Crippen LogP contribution is -2.10. The van der Waals surface area contributed by atoms with Crippen molar-refractivity contribution in [1.82, 2.24) is 0 Å². The van der Waals surface area contributed by atoms with E-state index in [2.05, 4.69) is 409 Å². The van der Waals surface area contributed by atoms with E-state index in [1.165, 1.54) is 80.1 Å². The molecule has 0 aliphatic carbocycles. The summed E-state index contributed by atoms with van der Waals surface area (Å²) >= 11 is 0. The van der Waals surface area contributed by atoms with Crippen LogP contribution in [0.3, 0.4) is 0 Å². The summed E-state index contributed by atoms with van der Waals surface area (Å²) in [5.74, 6) is 1.08. The van der Waals surface area contributed by atoms with Gasteiger partial charge in [0.25, 0.3) is 0 Å². The number of para-hydroxylation sites is 2. The molecule has 0 spiro atoms. The van der Waals surface area contributed by atoms with Crippen molar-refractivity contribution in [2.75, 3.05) is 24.5 Å². The molecule has 0 saturated heterocycles. The van der Waals surface area contributed by atoms with Crippen molar-refractivity contribution >= 4 is 85.3 Å². The molecule has 0 aliphatic heterocycles. The van der Waals surface area contributed by atoms with Gasteiger partial charge in [-0.2, -0.15) is 0 Å². The SMILES string of the molecule is CCC(C)c1ccc(N(c2ccc(-c3ccc(N(c4cccc(C)c4)c4cccc(F)c4)cc3)cc2)c2cccc(F)c2)cc1.CCC(C)c1ccc(N(c2ccc(-c3ccc(N(c4ccccc4)c4cccc(C)c4)cc3)cc2)c2cccc(C)c2)cc1.CCC(C)c1ccc(N(c2ccccc2)c2cccc(C)c2)cc1. The lowest BCUT2D eigenvalue weighted by atomic mass is 9.98. The summed E-state index contributed by atoms with van der Waals surface area (Å²) in [5.41, 5.74) is 29.3. The number of hydrogen-bond donors (Lipinski definition) is 0. The Morgan fingerprint density at radius 3 is 0.575 bits per heavy atom. The first kappa shape index (κ1) is 78.3. The van der Waals surface area contributed by atoms with Crippen LogP contribution in [-0.2, 0) is 0 Å². The van der Waals surface area contributed by atoms with E-state index in [1.807, 2.05) is 24.3 Å². The second-order valence-corrected chi connectivity index (χ2v) is 29.6. The van der Waals surface area contributed by atoms with E-state index in [-0.39, 0.29) is 11.6 Å². The number of nitrogens with zero attached hydrogens (tertiary/aromatic N) is 5. The Labute approximate surface area is 669 Å².